The first-order chi connectivity index (χ1) is 17.8. The van der Waals surface area contributed by atoms with Crippen molar-refractivity contribution in [1.82, 2.24) is 10.2 Å². The fourth-order valence-corrected chi connectivity index (χ4v) is 5.06. The molecular weight excluding hydrogens is 514 g/mol. The number of imide groups is 1. The van der Waals surface area contributed by atoms with Crippen LogP contribution in [-0.4, -0.2) is 54.0 Å². The van der Waals surface area contributed by atoms with E-state index in [4.69, 9.17) is 21.7 Å². The second-order valence-corrected chi connectivity index (χ2v) is 9.15. The van der Waals surface area contributed by atoms with Crippen LogP contribution >= 0.6 is 23.6 Å². The summed E-state index contributed by atoms with van der Waals surface area (Å²) in [4.78, 5) is 51.3. The van der Waals surface area contributed by atoms with Gasteiger partial charge in [0.25, 0.3) is 11.8 Å². The summed E-state index contributed by atoms with van der Waals surface area (Å²) in [5.74, 6) is -1.20. The molecule has 0 fully saturated rings. The smallest absolute Gasteiger partial charge is 0.341 e. The molecule has 1 aromatic heterocycles. The lowest BCUT2D eigenvalue weighted by Crippen LogP contribution is -2.38. The number of hydrogen-bond acceptors (Lipinski definition) is 8. The zero-order chi connectivity index (χ0) is 26.5. The number of anilines is 1. The Morgan fingerprint density at radius 1 is 1.00 bits per heavy atom. The molecular formula is C26H23N3O6S2. The monoisotopic (exact) mass is 537 g/mol. The van der Waals surface area contributed by atoms with Crippen LogP contribution < -0.4 is 15.4 Å². The molecule has 0 atom stereocenters. The van der Waals surface area contributed by atoms with E-state index in [2.05, 4.69) is 10.6 Å². The Morgan fingerprint density at radius 3 is 2.24 bits per heavy atom. The van der Waals surface area contributed by atoms with E-state index < -0.39 is 23.7 Å². The normalized spacial score (nSPS) is 12.2. The van der Waals surface area contributed by atoms with Crippen LogP contribution in [0.4, 0.5) is 5.00 Å². The van der Waals surface area contributed by atoms with E-state index in [9.17, 15) is 19.2 Å². The zero-order valence-corrected chi connectivity index (χ0v) is 21.7. The number of carbonyl (C=O) groups is 4. The summed E-state index contributed by atoms with van der Waals surface area (Å²) in [7, 11) is 1.57. The summed E-state index contributed by atoms with van der Waals surface area (Å²) in [5, 5.41) is 7.61. The van der Waals surface area contributed by atoms with Gasteiger partial charge in [-0.15, -0.1) is 11.3 Å². The maximum Gasteiger partial charge on any atom is 0.341 e. The molecule has 4 rings (SSSR count). The first kappa shape index (κ1) is 26.0. The summed E-state index contributed by atoms with van der Waals surface area (Å²) in [6.45, 7) is 1.81. The van der Waals surface area contributed by atoms with Crippen molar-refractivity contribution >= 4 is 57.4 Å². The lowest BCUT2D eigenvalue weighted by atomic mass is 10.0. The van der Waals surface area contributed by atoms with Crippen LogP contribution in [0.2, 0.25) is 0 Å². The Kier molecular flexibility index (Phi) is 7.95. The first-order valence-electron chi connectivity index (χ1n) is 11.3. The Balaban J connectivity index is 1.41. The third-order valence-electron chi connectivity index (χ3n) is 5.59. The molecule has 2 N–H and O–H groups in total. The van der Waals surface area contributed by atoms with Crippen LogP contribution in [0.25, 0.3) is 11.1 Å². The average Bonchev–Trinajstić information content (AvgIpc) is 3.41. The number of fused-ring (bicyclic) bond motifs is 1. The minimum atomic E-state index is -0.531. The minimum absolute atomic E-state index is 0.0268. The summed E-state index contributed by atoms with van der Waals surface area (Å²) in [6, 6.07) is 13.7. The fourth-order valence-electron chi connectivity index (χ4n) is 3.82. The number of methoxy groups -OCH3 is 1. The molecule has 190 valence electrons. The van der Waals surface area contributed by atoms with Gasteiger partial charge in [-0.2, -0.15) is 0 Å². The molecule has 2 heterocycles. The molecule has 1 aliphatic heterocycles. The van der Waals surface area contributed by atoms with Crippen molar-refractivity contribution in [3.05, 3.63) is 70.6 Å². The number of carbonyl (C=O) groups excluding carboxylic acids is 4. The highest BCUT2D eigenvalue weighted by Gasteiger charge is 2.35. The molecule has 0 saturated carbocycles. The van der Waals surface area contributed by atoms with E-state index >= 15 is 0 Å². The predicted octanol–water partition coefficient (Wildman–Crippen LogP) is 4.10. The average molecular weight is 538 g/mol. The highest BCUT2D eigenvalue weighted by atomic mass is 32.1. The van der Waals surface area contributed by atoms with E-state index in [1.54, 1.807) is 55.8 Å². The van der Waals surface area contributed by atoms with Gasteiger partial charge in [-0.3, -0.25) is 19.3 Å². The van der Waals surface area contributed by atoms with E-state index in [1.807, 2.05) is 12.1 Å². The highest BCUT2D eigenvalue weighted by Crippen LogP contribution is 2.37. The Bertz CT molecular complexity index is 1350. The van der Waals surface area contributed by atoms with Gasteiger partial charge in [0.1, 0.15) is 16.3 Å². The predicted molar refractivity (Wildman–Crippen MR) is 143 cm³/mol. The quantitative estimate of drug-likeness (QED) is 0.251. The Labute approximate surface area is 222 Å². The maximum atomic E-state index is 12.8. The van der Waals surface area contributed by atoms with Crippen molar-refractivity contribution in [3.8, 4) is 16.9 Å². The molecule has 0 saturated heterocycles. The fraction of sp³-hybridized carbons (Fsp3) is 0.192. The Hall–Kier alpha value is -4.09. The number of rotatable bonds is 8. The number of ether oxygens (including phenoxy) is 2. The summed E-state index contributed by atoms with van der Waals surface area (Å²) >= 11 is 6.52. The second-order valence-electron chi connectivity index (χ2n) is 7.86. The molecule has 0 radical (unpaired) electrons. The summed E-state index contributed by atoms with van der Waals surface area (Å²) in [5.41, 5.74) is 2.36. The van der Waals surface area contributed by atoms with Crippen LogP contribution in [0.3, 0.4) is 0 Å². The van der Waals surface area contributed by atoms with Crippen LogP contribution in [0.5, 0.6) is 5.75 Å². The van der Waals surface area contributed by atoms with Gasteiger partial charge >= 0.3 is 5.97 Å². The van der Waals surface area contributed by atoms with E-state index in [1.165, 1.54) is 11.3 Å². The van der Waals surface area contributed by atoms with E-state index in [0.717, 1.165) is 10.5 Å². The van der Waals surface area contributed by atoms with Crippen molar-refractivity contribution in [2.24, 2.45) is 0 Å². The lowest BCUT2D eigenvalue weighted by molar-refractivity contribution is -0.119. The number of thiophene rings is 1. The number of nitrogens with zero attached hydrogens (tertiary/aromatic N) is 1. The third-order valence-corrected chi connectivity index (χ3v) is 6.69. The molecule has 0 aliphatic carbocycles. The molecule has 11 heteroatoms. The van der Waals surface area contributed by atoms with E-state index in [-0.39, 0.29) is 24.7 Å². The van der Waals surface area contributed by atoms with Crippen molar-refractivity contribution in [2.45, 2.75) is 13.3 Å². The molecule has 3 amide bonds. The van der Waals surface area contributed by atoms with Gasteiger partial charge in [-0.25, -0.2) is 4.79 Å². The van der Waals surface area contributed by atoms with Gasteiger partial charge in [-0.05, 0) is 49.0 Å². The molecule has 2 aromatic carbocycles. The SMILES string of the molecule is CCOC(=O)c1c(-c2ccc(OC)cc2)csc1NC(=S)NC(=O)CCN1C(=O)c2ccccc2C1=O. The number of hydrogen-bond donors (Lipinski definition) is 2. The Morgan fingerprint density at radius 2 is 1.65 bits per heavy atom. The molecule has 3 aromatic rings. The molecule has 37 heavy (non-hydrogen) atoms. The van der Waals surface area contributed by atoms with Crippen LogP contribution in [-0.2, 0) is 9.53 Å². The van der Waals surface area contributed by atoms with Crippen molar-refractivity contribution < 1.29 is 28.7 Å². The number of benzene rings is 2. The second kappa shape index (κ2) is 11.3. The van der Waals surface area contributed by atoms with Crippen molar-refractivity contribution in [3.63, 3.8) is 0 Å². The van der Waals surface area contributed by atoms with Gasteiger partial charge in [0.05, 0.1) is 24.8 Å². The van der Waals surface area contributed by atoms with Gasteiger partial charge in [0.2, 0.25) is 5.91 Å². The molecule has 0 bridgehead atoms. The lowest BCUT2D eigenvalue weighted by Gasteiger charge is -2.14. The van der Waals surface area contributed by atoms with Gasteiger partial charge in [-0.1, -0.05) is 24.3 Å². The number of esters is 1. The minimum Gasteiger partial charge on any atom is -0.497 e. The molecule has 0 unspecified atom stereocenters. The summed E-state index contributed by atoms with van der Waals surface area (Å²) in [6.07, 6.45) is -0.139. The standard InChI is InChI=1S/C26H23N3O6S2/c1-3-35-25(33)21-19(15-8-10-16(34-2)11-9-15)14-37-22(21)28-26(36)27-20(30)12-13-29-23(31)17-6-4-5-7-18(17)24(29)32/h4-11,14H,3,12-13H2,1-2H3,(H2,27,28,30,36). The van der Waals surface area contributed by atoms with Crippen molar-refractivity contribution in [1.29, 1.82) is 0 Å². The number of amides is 3. The number of nitrogens with one attached hydrogen (secondary N) is 2. The number of thiocarbonyl (C=S) groups is 1. The largest absolute Gasteiger partial charge is 0.497 e. The molecule has 9 nitrogen and oxygen atoms in total. The van der Waals surface area contributed by atoms with Crippen LogP contribution in [0, 0.1) is 0 Å². The van der Waals surface area contributed by atoms with Crippen LogP contribution in [0.15, 0.2) is 53.9 Å². The topological polar surface area (TPSA) is 114 Å². The van der Waals surface area contributed by atoms with Crippen LogP contribution in [0.1, 0.15) is 44.4 Å². The molecule has 0 spiro atoms. The van der Waals surface area contributed by atoms with Gasteiger partial charge in [0, 0.05) is 23.9 Å². The van der Waals surface area contributed by atoms with Gasteiger partial charge < -0.3 is 20.1 Å². The van der Waals surface area contributed by atoms with E-state index in [0.29, 0.717) is 33.0 Å². The zero-order valence-electron chi connectivity index (χ0n) is 20.0. The van der Waals surface area contributed by atoms with Crippen molar-refractivity contribution in [2.75, 3.05) is 25.6 Å². The maximum absolute atomic E-state index is 12.8. The molecule has 1 aliphatic rings. The third kappa shape index (κ3) is 5.52. The highest BCUT2D eigenvalue weighted by molar-refractivity contribution is 7.80. The first-order valence-corrected chi connectivity index (χ1v) is 12.6. The summed E-state index contributed by atoms with van der Waals surface area (Å²) < 4.78 is 10.4. The van der Waals surface area contributed by atoms with Gasteiger partial charge in [0.15, 0.2) is 5.11 Å².